The van der Waals surface area contributed by atoms with Crippen LogP contribution in [0.1, 0.15) is 10.4 Å². The second-order valence-corrected chi connectivity index (χ2v) is 5.37. The molecule has 2 heterocycles. The van der Waals surface area contributed by atoms with E-state index in [4.69, 9.17) is 27.9 Å². The fraction of sp³-hybridized carbons (Fsp3) is 0.462. The number of nitrogens with zero attached hydrogens (tertiary/aromatic N) is 3. The van der Waals surface area contributed by atoms with Crippen LogP contribution in [0.25, 0.3) is 0 Å². The van der Waals surface area contributed by atoms with E-state index in [0.29, 0.717) is 31.7 Å². The van der Waals surface area contributed by atoms with E-state index in [1.807, 2.05) is 0 Å². The van der Waals surface area contributed by atoms with Gasteiger partial charge >= 0.3 is 0 Å². The summed E-state index contributed by atoms with van der Waals surface area (Å²) in [6, 6.07) is 1.50. The average molecular weight is 332 g/mol. The highest BCUT2D eigenvalue weighted by Gasteiger charge is 2.25. The molecule has 0 radical (unpaired) electrons. The molecule has 0 saturated carbocycles. The first-order valence-corrected chi connectivity index (χ1v) is 7.15. The van der Waals surface area contributed by atoms with Crippen LogP contribution in [0, 0.1) is 0 Å². The Labute approximate surface area is 132 Å². The highest BCUT2D eigenvalue weighted by atomic mass is 35.5. The summed E-state index contributed by atoms with van der Waals surface area (Å²) in [7, 11) is 1.48. The van der Waals surface area contributed by atoms with Gasteiger partial charge in [0.2, 0.25) is 5.91 Å². The molecule has 1 aromatic heterocycles. The van der Waals surface area contributed by atoms with Crippen molar-refractivity contribution in [2.45, 2.75) is 0 Å². The number of hydrogen-bond donors (Lipinski definition) is 0. The Morgan fingerprint density at radius 2 is 1.86 bits per heavy atom. The third-order valence-electron chi connectivity index (χ3n) is 3.23. The third kappa shape index (κ3) is 3.84. The molecular weight excluding hydrogens is 317 g/mol. The molecule has 0 unspecified atom stereocenters. The van der Waals surface area contributed by atoms with Gasteiger partial charge in [0.15, 0.2) is 0 Å². The van der Waals surface area contributed by atoms with Crippen molar-refractivity contribution in [2.75, 3.05) is 39.9 Å². The number of piperazine rings is 1. The average Bonchev–Trinajstić information content (AvgIpc) is 2.50. The summed E-state index contributed by atoms with van der Waals surface area (Å²) < 4.78 is 4.82. The summed E-state index contributed by atoms with van der Waals surface area (Å²) in [6.07, 6.45) is 1.40. The number of hydrogen-bond acceptors (Lipinski definition) is 4. The minimum atomic E-state index is -0.167. The van der Waals surface area contributed by atoms with Gasteiger partial charge in [0.05, 0.1) is 10.6 Å². The number of aromatic nitrogens is 1. The van der Waals surface area contributed by atoms with Crippen LogP contribution in [0.4, 0.5) is 0 Å². The van der Waals surface area contributed by atoms with Crippen LogP contribution < -0.4 is 0 Å². The van der Waals surface area contributed by atoms with Gasteiger partial charge in [-0.05, 0) is 6.07 Å². The molecule has 1 saturated heterocycles. The molecule has 0 bridgehead atoms. The van der Waals surface area contributed by atoms with Crippen LogP contribution in [0.3, 0.4) is 0 Å². The first-order chi connectivity index (χ1) is 10.0. The van der Waals surface area contributed by atoms with Crippen LogP contribution in [0.2, 0.25) is 10.2 Å². The largest absolute Gasteiger partial charge is 0.375 e. The van der Waals surface area contributed by atoms with Crippen molar-refractivity contribution < 1.29 is 14.3 Å². The van der Waals surface area contributed by atoms with Crippen molar-refractivity contribution in [3.63, 3.8) is 0 Å². The second kappa shape index (κ2) is 7.06. The van der Waals surface area contributed by atoms with Crippen LogP contribution in [0.5, 0.6) is 0 Å². The molecule has 114 valence electrons. The van der Waals surface area contributed by atoms with Crippen LogP contribution >= 0.6 is 23.2 Å². The van der Waals surface area contributed by atoms with E-state index >= 15 is 0 Å². The van der Waals surface area contributed by atoms with E-state index in [0.717, 1.165) is 0 Å². The minimum absolute atomic E-state index is 0.0602. The van der Waals surface area contributed by atoms with E-state index in [-0.39, 0.29) is 28.6 Å². The molecule has 0 atom stereocenters. The molecule has 2 rings (SSSR count). The van der Waals surface area contributed by atoms with Gasteiger partial charge in [0.1, 0.15) is 11.8 Å². The number of carbonyl (C=O) groups excluding carboxylic acids is 2. The fourth-order valence-electron chi connectivity index (χ4n) is 2.09. The molecule has 6 nitrogen and oxygen atoms in total. The van der Waals surface area contributed by atoms with E-state index in [2.05, 4.69) is 4.98 Å². The Morgan fingerprint density at radius 1 is 1.24 bits per heavy atom. The van der Waals surface area contributed by atoms with Crippen LogP contribution in [-0.2, 0) is 9.53 Å². The number of amides is 2. The Hall–Kier alpha value is -1.37. The summed E-state index contributed by atoms with van der Waals surface area (Å²) in [5.41, 5.74) is 0.390. The predicted octanol–water partition coefficient (Wildman–Crippen LogP) is 1.32. The molecule has 0 aromatic carbocycles. The summed E-state index contributed by atoms with van der Waals surface area (Å²) in [4.78, 5) is 31.2. The SMILES string of the molecule is COCC(=O)N1CCN(C(=O)c2cnc(Cl)c(Cl)c2)CC1. The number of methoxy groups -OCH3 is 1. The molecule has 21 heavy (non-hydrogen) atoms. The highest BCUT2D eigenvalue weighted by molar-refractivity contribution is 6.41. The Kier molecular flexibility index (Phi) is 5.39. The number of halogens is 2. The molecule has 0 aliphatic carbocycles. The smallest absolute Gasteiger partial charge is 0.255 e. The second-order valence-electron chi connectivity index (χ2n) is 4.60. The number of rotatable bonds is 3. The van der Waals surface area contributed by atoms with E-state index in [1.54, 1.807) is 9.80 Å². The normalized spacial score (nSPS) is 15.2. The van der Waals surface area contributed by atoms with Gasteiger partial charge in [0, 0.05) is 39.5 Å². The number of ether oxygens (including phenoxy) is 1. The zero-order valence-electron chi connectivity index (χ0n) is 11.5. The zero-order valence-corrected chi connectivity index (χ0v) is 13.0. The lowest BCUT2D eigenvalue weighted by molar-refractivity contribution is -0.136. The summed E-state index contributed by atoms with van der Waals surface area (Å²) in [5, 5.41) is 0.416. The third-order valence-corrected chi connectivity index (χ3v) is 3.92. The van der Waals surface area contributed by atoms with Crippen LogP contribution in [-0.4, -0.2) is 66.5 Å². The number of carbonyl (C=O) groups is 2. The number of pyridine rings is 1. The lowest BCUT2D eigenvalue weighted by Crippen LogP contribution is -2.51. The van der Waals surface area contributed by atoms with E-state index in [1.165, 1.54) is 19.4 Å². The van der Waals surface area contributed by atoms with Gasteiger partial charge in [-0.1, -0.05) is 23.2 Å². The monoisotopic (exact) mass is 331 g/mol. The van der Waals surface area contributed by atoms with Crippen molar-refractivity contribution in [3.05, 3.63) is 28.0 Å². The molecular formula is C13H15Cl2N3O3. The van der Waals surface area contributed by atoms with Gasteiger partial charge in [-0.2, -0.15) is 0 Å². The van der Waals surface area contributed by atoms with Gasteiger partial charge in [-0.15, -0.1) is 0 Å². The van der Waals surface area contributed by atoms with Crippen molar-refractivity contribution in [1.82, 2.24) is 14.8 Å². The van der Waals surface area contributed by atoms with Gasteiger partial charge in [-0.25, -0.2) is 4.98 Å². The van der Waals surface area contributed by atoms with Crippen molar-refractivity contribution >= 4 is 35.0 Å². The van der Waals surface area contributed by atoms with Crippen molar-refractivity contribution in [2.24, 2.45) is 0 Å². The molecule has 0 spiro atoms. The first-order valence-electron chi connectivity index (χ1n) is 6.40. The van der Waals surface area contributed by atoms with Gasteiger partial charge < -0.3 is 14.5 Å². The van der Waals surface area contributed by atoms with Gasteiger partial charge in [-0.3, -0.25) is 9.59 Å². The first kappa shape index (κ1) is 16.0. The topological polar surface area (TPSA) is 62.7 Å². The Bertz CT molecular complexity index is 545. The zero-order chi connectivity index (χ0) is 15.4. The maximum atomic E-state index is 12.3. The summed E-state index contributed by atoms with van der Waals surface area (Å²) in [6.45, 7) is 1.97. The maximum absolute atomic E-state index is 12.3. The summed E-state index contributed by atoms with van der Waals surface area (Å²) in [5.74, 6) is -0.235. The lowest BCUT2D eigenvalue weighted by Gasteiger charge is -2.34. The van der Waals surface area contributed by atoms with Crippen molar-refractivity contribution in [3.8, 4) is 0 Å². The highest BCUT2D eigenvalue weighted by Crippen LogP contribution is 2.20. The minimum Gasteiger partial charge on any atom is -0.375 e. The molecule has 1 aliphatic rings. The fourth-order valence-corrected chi connectivity index (χ4v) is 2.36. The predicted molar refractivity (Wildman–Crippen MR) is 78.6 cm³/mol. The Balaban J connectivity index is 1.97. The Morgan fingerprint density at radius 3 is 2.43 bits per heavy atom. The molecule has 8 heteroatoms. The standard InChI is InChI=1S/C13H15Cl2N3O3/c1-21-8-11(19)17-2-4-18(5-3-17)13(20)9-6-10(14)12(15)16-7-9/h6-7H,2-5,8H2,1H3. The lowest BCUT2D eigenvalue weighted by atomic mass is 10.2. The quantitative estimate of drug-likeness (QED) is 0.783. The molecule has 1 aliphatic heterocycles. The van der Waals surface area contributed by atoms with E-state index < -0.39 is 0 Å². The van der Waals surface area contributed by atoms with Gasteiger partial charge in [0.25, 0.3) is 5.91 Å². The molecule has 1 fully saturated rings. The van der Waals surface area contributed by atoms with Crippen molar-refractivity contribution in [1.29, 1.82) is 0 Å². The molecule has 2 amide bonds. The van der Waals surface area contributed by atoms with Crippen LogP contribution in [0.15, 0.2) is 12.3 Å². The molecule has 1 aromatic rings. The summed E-state index contributed by atoms with van der Waals surface area (Å²) >= 11 is 11.6. The molecule has 0 N–H and O–H groups in total. The van der Waals surface area contributed by atoms with E-state index in [9.17, 15) is 9.59 Å². The maximum Gasteiger partial charge on any atom is 0.255 e.